The summed E-state index contributed by atoms with van der Waals surface area (Å²) >= 11 is 0. The summed E-state index contributed by atoms with van der Waals surface area (Å²) in [5.74, 6) is 0.785. The largest absolute Gasteiger partial charge is 0.310 e. The van der Waals surface area contributed by atoms with Gasteiger partial charge in [-0.15, -0.1) is 0 Å². The van der Waals surface area contributed by atoms with Gasteiger partial charge in [0.1, 0.15) is 0 Å². The number of rotatable bonds is 4. The molecule has 1 heteroatoms. The van der Waals surface area contributed by atoms with Crippen molar-refractivity contribution in [2.45, 2.75) is 54.5 Å². The van der Waals surface area contributed by atoms with E-state index in [0.717, 1.165) is 12.5 Å². The second kappa shape index (κ2) is 4.63. The van der Waals surface area contributed by atoms with E-state index in [1.807, 2.05) is 0 Å². The van der Waals surface area contributed by atoms with E-state index in [-0.39, 0.29) is 0 Å². The van der Waals surface area contributed by atoms with Gasteiger partial charge in [0.15, 0.2) is 0 Å². The molecule has 1 unspecified atom stereocenters. The van der Waals surface area contributed by atoms with Gasteiger partial charge in [-0.3, -0.25) is 0 Å². The van der Waals surface area contributed by atoms with E-state index in [4.69, 9.17) is 0 Å². The van der Waals surface area contributed by atoms with Crippen LogP contribution >= 0.6 is 0 Å². The molecule has 19 heavy (non-hydrogen) atoms. The molecule has 1 aliphatic carbocycles. The normalized spacial score (nSPS) is 22.3. The van der Waals surface area contributed by atoms with Gasteiger partial charge >= 0.3 is 0 Å². The van der Waals surface area contributed by atoms with E-state index < -0.39 is 0 Å². The van der Waals surface area contributed by atoms with E-state index in [2.05, 4.69) is 72.0 Å². The SMILES string of the molecule is Cc1ccc(C)c(C(C)NCC2C(C)(C)C2(C)C)c1. The fourth-order valence-corrected chi connectivity index (χ4v) is 3.47. The van der Waals surface area contributed by atoms with E-state index in [9.17, 15) is 0 Å². The van der Waals surface area contributed by atoms with Crippen molar-refractivity contribution in [3.63, 3.8) is 0 Å². The molecule has 0 aromatic heterocycles. The molecule has 1 fully saturated rings. The van der Waals surface area contributed by atoms with Gasteiger partial charge in [-0.2, -0.15) is 0 Å². The average molecular weight is 259 g/mol. The Balaban J connectivity index is 1.99. The third-order valence-corrected chi connectivity index (χ3v) is 5.85. The number of nitrogens with one attached hydrogen (secondary N) is 1. The van der Waals surface area contributed by atoms with Gasteiger partial charge in [-0.1, -0.05) is 51.5 Å². The highest BCUT2D eigenvalue weighted by Gasteiger charge is 2.63. The first kappa shape index (κ1) is 14.6. The predicted octanol–water partition coefficient (Wildman–Crippen LogP) is 4.64. The van der Waals surface area contributed by atoms with Gasteiger partial charge in [-0.05, 0) is 55.2 Å². The smallest absolute Gasteiger partial charge is 0.0294 e. The van der Waals surface area contributed by atoms with E-state index in [1.54, 1.807) is 0 Å². The zero-order chi connectivity index (χ0) is 14.4. The summed E-state index contributed by atoms with van der Waals surface area (Å²) in [7, 11) is 0. The van der Waals surface area contributed by atoms with Crippen LogP contribution in [0.25, 0.3) is 0 Å². The van der Waals surface area contributed by atoms with Crippen LogP contribution < -0.4 is 5.32 Å². The topological polar surface area (TPSA) is 12.0 Å². The molecule has 0 amide bonds. The molecule has 0 bridgehead atoms. The molecule has 106 valence electrons. The average Bonchev–Trinajstić information content (AvgIpc) is 2.70. The summed E-state index contributed by atoms with van der Waals surface area (Å²) in [4.78, 5) is 0. The standard InChI is InChI=1S/C18H29N/c1-12-8-9-13(2)15(10-12)14(3)19-11-16-17(4,5)18(16,6)7/h8-10,14,16,19H,11H2,1-7H3. The molecular formula is C18H29N. The Hall–Kier alpha value is -0.820. The zero-order valence-electron chi connectivity index (χ0n) is 13.6. The highest BCUT2D eigenvalue weighted by molar-refractivity contribution is 5.32. The second-order valence-electron chi connectivity index (χ2n) is 7.49. The molecule has 1 N–H and O–H groups in total. The molecule has 1 aromatic rings. The van der Waals surface area contributed by atoms with Crippen LogP contribution in [-0.2, 0) is 0 Å². The number of aryl methyl sites for hydroxylation is 2. The van der Waals surface area contributed by atoms with Crippen LogP contribution in [0.5, 0.6) is 0 Å². The fourth-order valence-electron chi connectivity index (χ4n) is 3.47. The number of benzene rings is 1. The van der Waals surface area contributed by atoms with E-state index >= 15 is 0 Å². The molecule has 1 aliphatic rings. The van der Waals surface area contributed by atoms with Gasteiger partial charge in [0.25, 0.3) is 0 Å². The lowest BCUT2D eigenvalue weighted by Crippen LogP contribution is -2.23. The molecule has 1 nitrogen and oxygen atoms in total. The zero-order valence-corrected chi connectivity index (χ0v) is 13.6. The summed E-state index contributed by atoms with van der Waals surface area (Å²) in [6.45, 7) is 17.3. The van der Waals surface area contributed by atoms with Crippen LogP contribution in [0.3, 0.4) is 0 Å². The van der Waals surface area contributed by atoms with Gasteiger partial charge in [-0.25, -0.2) is 0 Å². The molecule has 0 aliphatic heterocycles. The van der Waals surface area contributed by atoms with E-state index in [0.29, 0.717) is 16.9 Å². The lowest BCUT2D eigenvalue weighted by atomic mass is 10.00. The van der Waals surface area contributed by atoms with Crippen molar-refractivity contribution in [3.05, 3.63) is 34.9 Å². The molecule has 0 spiro atoms. The first-order valence-corrected chi connectivity index (χ1v) is 7.48. The molecule has 2 rings (SSSR count). The van der Waals surface area contributed by atoms with Crippen LogP contribution in [0.2, 0.25) is 0 Å². The lowest BCUT2D eigenvalue weighted by Gasteiger charge is -2.18. The maximum Gasteiger partial charge on any atom is 0.0294 e. The van der Waals surface area contributed by atoms with Crippen molar-refractivity contribution < 1.29 is 0 Å². The molecule has 1 atom stereocenters. The van der Waals surface area contributed by atoms with Crippen LogP contribution in [0.1, 0.15) is 57.4 Å². The van der Waals surface area contributed by atoms with Crippen molar-refractivity contribution >= 4 is 0 Å². The molecule has 0 saturated heterocycles. The fraction of sp³-hybridized carbons (Fsp3) is 0.667. The molecule has 0 radical (unpaired) electrons. The monoisotopic (exact) mass is 259 g/mol. The highest BCUT2D eigenvalue weighted by atomic mass is 14.9. The summed E-state index contributed by atoms with van der Waals surface area (Å²) in [6.07, 6.45) is 0. The van der Waals surface area contributed by atoms with Crippen LogP contribution in [-0.4, -0.2) is 6.54 Å². The van der Waals surface area contributed by atoms with Crippen molar-refractivity contribution in [2.75, 3.05) is 6.54 Å². The minimum atomic E-state index is 0.437. The second-order valence-corrected chi connectivity index (χ2v) is 7.49. The highest BCUT2D eigenvalue weighted by Crippen LogP contribution is 2.68. The Labute approximate surface area is 118 Å². The Bertz CT molecular complexity index is 457. The minimum absolute atomic E-state index is 0.437. The number of hydrogen-bond donors (Lipinski definition) is 1. The van der Waals surface area contributed by atoms with Gasteiger partial charge < -0.3 is 5.32 Å². The van der Waals surface area contributed by atoms with Crippen molar-refractivity contribution in [3.8, 4) is 0 Å². The molecule has 0 heterocycles. The van der Waals surface area contributed by atoms with Gasteiger partial charge in [0, 0.05) is 6.04 Å². The van der Waals surface area contributed by atoms with Gasteiger partial charge in [0.05, 0.1) is 0 Å². The Morgan fingerprint density at radius 1 is 1.11 bits per heavy atom. The first-order chi connectivity index (χ1) is 8.68. The summed E-state index contributed by atoms with van der Waals surface area (Å²) in [5, 5.41) is 3.74. The first-order valence-electron chi connectivity index (χ1n) is 7.48. The van der Waals surface area contributed by atoms with Crippen LogP contribution in [0.4, 0.5) is 0 Å². The van der Waals surface area contributed by atoms with Crippen molar-refractivity contribution in [1.82, 2.24) is 5.32 Å². The molecule has 1 saturated carbocycles. The maximum absolute atomic E-state index is 3.74. The van der Waals surface area contributed by atoms with Gasteiger partial charge in [0.2, 0.25) is 0 Å². The Morgan fingerprint density at radius 2 is 1.68 bits per heavy atom. The third kappa shape index (κ3) is 2.45. The van der Waals surface area contributed by atoms with Crippen LogP contribution in [0, 0.1) is 30.6 Å². The third-order valence-electron chi connectivity index (χ3n) is 5.85. The Morgan fingerprint density at radius 3 is 2.21 bits per heavy atom. The van der Waals surface area contributed by atoms with Crippen molar-refractivity contribution in [1.29, 1.82) is 0 Å². The van der Waals surface area contributed by atoms with Crippen LogP contribution in [0.15, 0.2) is 18.2 Å². The predicted molar refractivity (Wildman–Crippen MR) is 83.4 cm³/mol. The Kier molecular flexibility index (Phi) is 3.55. The summed E-state index contributed by atoms with van der Waals surface area (Å²) < 4.78 is 0. The molecule has 1 aromatic carbocycles. The summed E-state index contributed by atoms with van der Waals surface area (Å²) in [5.41, 5.74) is 5.13. The number of hydrogen-bond acceptors (Lipinski definition) is 1. The maximum atomic E-state index is 3.74. The van der Waals surface area contributed by atoms with E-state index in [1.165, 1.54) is 16.7 Å². The quantitative estimate of drug-likeness (QED) is 0.831. The lowest BCUT2D eigenvalue weighted by molar-refractivity contribution is 0.457. The minimum Gasteiger partial charge on any atom is -0.310 e. The summed E-state index contributed by atoms with van der Waals surface area (Å²) in [6, 6.07) is 7.18. The van der Waals surface area contributed by atoms with Crippen molar-refractivity contribution in [2.24, 2.45) is 16.7 Å². The molecular weight excluding hydrogens is 230 g/mol.